The molecule has 8 heteroatoms. The summed E-state index contributed by atoms with van der Waals surface area (Å²) in [6.45, 7) is 7.82. The van der Waals surface area contributed by atoms with E-state index in [0.29, 0.717) is 13.1 Å². The van der Waals surface area contributed by atoms with E-state index in [1.807, 2.05) is 35.7 Å². The van der Waals surface area contributed by atoms with Crippen LogP contribution in [-0.2, 0) is 29.2 Å². The maximum atomic E-state index is 12.3. The highest BCUT2D eigenvalue weighted by Crippen LogP contribution is 2.14. The van der Waals surface area contributed by atoms with Crippen molar-refractivity contribution < 1.29 is 9.59 Å². The topological polar surface area (TPSA) is 85.0 Å². The van der Waals surface area contributed by atoms with E-state index in [2.05, 4.69) is 15.5 Å². The Bertz CT molecular complexity index is 778. The highest BCUT2D eigenvalue weighted by atomic mass is 16.2. The lowest BCUT2D eigenvalue weighted by Gasteiger charge is -2.17. The second kappa shape index (κ2) is 7.08. The quantitative estimate of drug-likeness (QED) is 0.897. The molecular formula is C17H24N6O2. The fourth-order valence-corrected chi connectivity index (χ4v) is 2.97. The van der Waals surface area contributed by atoms with E-state index in [9.17, 15) is 9.59 Å². The van der Waals surface area contributed by atoms with Crippen molar-refractivity contribution in [3.05, 3.63) is 35.4 Å². The predicted molar refractivity (Wildman–Crippen MR) is 91.5 cm³/mol. The SMILES string of the molecule is CC(=O)N1CCCn2nc(CNC(=O)C(C)n3cc(C)cn3)cc2C1. The average Bonchev–Trinajstić information content (AvgIpc) is 3.12. The molecule has 0 spiro atoms. The monoisotopic (exact) mass is 344 g/mol. The van der Waals surface area contributed by atoms with Crippen molar-refractivity contribution in [2.24, 2.45) is 0 Å². The van der Waals surface area contributed by atoms with Crippen LogP contribution in [0.5, 0.6) is 0 Å². The van der Waals surface area contributed by atoms with E-state index in [-0.39, 0.29) is 17.9 Å². The van der Waals surface area contributed by atoms with Crippen LogP contribution in [0, 0.1) is 6.92 Å². The molecule has 1 N–H and O–H groups in total. The van der Waals surface area contributed by atoms with Gasteiger partial charge in [0.15, 0.2) is 0 Å². The highest BCUT2D eigenvalue weighted by Gasteiger charge is 2.19. The lowest BCUT2D eigenvalue weighted by molar-refractivity contribution is -0.129. The molecule has 0 fully saturated rings. The number of rotatable bonds is 4. The van der Waals surface area contributed by atoms with Gasteiger partial charge in [-0.1, -0.05) is 0 Å². The Balaban J connectivity index is 1.61. The summed E-state index contributed by atoms with van der Waals surface area (Å²) >= 11 is 0. The lowest BCUT2D eigenvalue weighted by atomic mass is 10.3. The Hall–Kier alpha value is -2.64. The third-order valence-corrected chi connectivity index (χ3v) is 4.46. The third kappa shape index (κ3) is 3.89. The van der Waals surface area contributed by atoms with E-state index in [4.69, 9.17) is 0 Å². The van der Waals surface area contributed by atoms with Crippen molar-refractivity contribution in [2.45, 2.75) is 52.9 Å². The molecule has 1 unspecified atom stereocenters. The summed E-state index contributed by atoms with van der Waals surface area (Å²) in [4.78, 5) is 25.8. The first-order valence-electron chi connectivity index (χ1n) is 8.53. The van der Waals surface area contributed by atoms with E-state index in [1.54, 1.807) is 17.8 Å². The summed E-state index contributed by atoms with van der Waals surface area (Å²) in [6.07, 6.45) is 4.46. The molecule has 1 aliphatic heterocycles. The van der Waals surface area contributed by atoms with Gasteiger partial charge in [0.05, 0.1) is 30.7 Å². The van der Waals surface area contributed by atoms with Gasteiger partial charge in [-0.2, -0.15) is 10.2 Å². The van der Waals surface area contributed by atoms with Crippen molar-refractivity contribution in [2.75, 3.05) is 6.54 Å². The highest BCUT2D eigenvalue weighted by molar-refractivity contribution is 5.79. The van der Waals surface area contributed by atoms with Crippen LogP contribution < -0.4 is 5.32 Å². The molecule has 0 saturated carbocycles. The van der Waals surface area contributed by atoms with Gasteiger partial charge < -0.3 is 10.2 Å². The predicted octanol–water partition coefficient (Wildman–Crippen LogP) is 1.02. The maximum absolute atomic E-state index is 12.3. The van der Waals surface area contributed by atoms with E-state index >= 15 is 0 Å². The summed E-state index contributed by atoms with van der Waals surface area (Å²) in [5.74, 6) is -0.0236. The van der Waals surface area contributed by atoms with Crippen molar-refractivity contribution >= 4 is 11.8 Å². The number of aryl methyl sites for hydroxylation is 2. The molecule has 0 radical (unpaired) electrons. The second-order valence-corrected chi connectivity index (χ2v) is 6.54. The number of amides is 2. The van der Waals surface area contributed by atoms with Gasteiger partial charge >= 0.3 is 0 Å². The molecule has 25 heavy (non-hydrogen) atoms. The Labute approximate surface area is 146 Å². The number of carbonyl (C=O) groups excluding carboxylic acids is 2. The zero-order valence-corrected chi connectivity index (χ0v) is 14.9. The largest absolute Gasteiger partial charge is 0.349 e. The minimum Gasteiger partial charge on any atom is -0.349 e. The first-order chi connectivity index (χ1) is 11.9. The van der Waals surface area contributed by atoms with Gasteiger partial charge in [0, 0.05) is 26.2 Å². The first kappa shape index (κ1) is 17.2. The molecule has 2 aromatic heterocycles. The molecule has 0 saturated heterocycles. The minimum absolute atomic E-state index is 0.0767. The van der Waals surface area contributed by atoms with E-state index < -0.39 is 0 Å². The number of nitrogens with one attached hydrogen (secondary N) is 1. The number of fused-ring (bicyclic) bond motifs is 1. The van der Waals surface area contributed by atoms with Crippen LogP contribution in [0.25, 0.3) is 0 Å². The van der Waals surface area contributed by atoms with Crippen LogP contribution in [0.4, 0.5) is 0 Å². The molecule has 0 bridgehead atoms. The number of carbonyl (C=O) groups is 2. The minimum atomic E-state index is -0.373. The number of nitrogens with zero attached hydrogens (tertiary/aromatic N) is 5. The summed E-state index contributed by atoms with van der Waals surface area (Å²) in [5, 5.41) is 11.6. The Kier molecular flexibility index (Phi) is 4.87. The normalized spacial score (nSPS) is 15.4. The molecule has 0 aliphatic carbocycles. The van der Waals surface area contributed by atoms with Gasteiger partial charge in [0.25, 0.3) is 0 Å². The lowest BCUT2D eigenvalue weighted by Crippen LogP contribution is -2.31. The van der Waals surface area contributed by atoms with E-state index in [0.717, 1.165) is 36.5 Å². The number of hydrogen-bond donors (Lipinski definition) is 1. The molecule has 134 valence electrons. The standard InChI is InChI=1S/C17H24N6O2/c1-12-8-19-23(10-12)13(2)17(25)18-9-15-7-16-11-21(14(3)24)5-4-6-22(16)20-15/h7-8,10,13H,4-6,9,11H2,1-3H3,(H,18,25). The van der Waals surface area contributed by atoms with Crippen LogP contribution in [-0.4, -0.2) is 42.8 Å². The molecule has 3 heterocycles. The Morgan fingerprint density at radius 1 is 1.36 bits per heavy atom. The maximum Gasteiger partial charge on any atom is 0.244 e. The van der Waals surface area contributed by atoms with Gasteiger partial charge in [0.2, 0.25) is 11.8 Å². The molecular weight excluding hydrogens is 320 g/mol. The third-order valence-electron chi connectivity index (χ3n) is 4.46. The second-order valence-electron chi connectivity index (χ2n) is 6.54. The number of hydrogen-bond acceptors (Lipinski definition) is 4. The van der Waals surface area contributed by atoms with Crippen molar-refractivity contribution in [1.29, 1.82) is 0 Å². The van der Waals surface area contributed by atoms with Crippen molar-refractivity contribution in [1.82, 2.24) is 29.8 Å². The number of aromatic nitrogens is 4. The van der Waals surface area contributed by atoms with Crippen LogP contribution in [0.3, 0.4) is 0 Å². The van der Waals surface area contributed by atoms with Crippen LogP contribution in [0.15, 0.2) is 18.5 Å². The molecule has 8 nitrogen and oxygen atoms in total. The molecule has 0 aromatic carbocycles. The summed E-state index contributed by atoms with van der Waals surface area (Å²) in [6, 6.07) is 1.59. The fraction of sp³-hybridized carbons (Fsp3) is 0.529. The first-order valence-corrected chi connectivity index (χ1v) is 8.53. The molecule has 2 aromatic rings. The van der Waals surface area contributed by atoms with Crippen molar-refractivity contribution in [3.63, 3.8) is 0 Å². The molecule has 1 aliphatic rings. The van der Waals surface area contributed by atoms with Crippen LogP contribution in [0.1, 0.15) is 43.3 Å². The van der Waals surface area contributed by atoms with Gasteiger partial charge in [0.1, 0.15) is 6.04 Å². The van der Waals surface area contributed by atoms with Crippen LogP contribution >= 0.6 is 0 Å². The smallest absolute Gasteiger partial charge is 0.244 e. The summed E-state index contributed by atoms with van der Waals surface area (Å²) < 4.78 is 3.59. The zero-order chi connectivity index (χ0) is 18.0. The average molecular weight is 344 g/mol. The summed E-state index contributed by atoms with van der Waals surface area (Å²) in [5.41, 5.74) is 2.83. The van der Waals surface area contributed by atoms with Crippen LogP contribution in [0.2, 0.25) is 0 Å². The van der Waals surface area contributed by atoms with Gasteiger partial charge in [-0.05, 0) is 31.9 Å². The van der Waals surface area contributed by atoms with Gasteiger partial charge in [-0.15, -0.1) is 0 Å². The van der Waals surface area contributed by atoms with Crippen molar-refractivity contribution in [3.8, 4) is 0 Å². The zero-order valence-electron chi connectivity index (χ0n) is 14.9. The Morgan fingerprint density at radius 3 is 2.84 bits per heavy atom. The van der Waals surface area contributed by atoms with Gasteiger partial charge in [-0.3, -0.25) is 19.0 Å². The molecule has 2 amide bonds. The molecule has 1 atom stereocenters. The van der Waals surface area contributed by atoms with Gasteiger partial charge in [-0.25, -0.2) is 0 Å². The summed E-state index contributed by atoms with van der Waals surface area (Å²) in [7, 11) is 0. The fourth-order valence-electron chi connectivity index (χ4n) is 2.97. The Morgan fingerprint density at radius 2 is 2.16 bits per heavy atom. The molecule has 3 rings (SSSR count). The van der Waals surface area contributed by atoms with E-state index in [1.165, 1.54) is 0 Å².